The Hall–Kier alpha value is -3.46. The lowest BCUT2D eigenvalue weighted by atomic mass is 10.2. The van der Waals surface area contributed by atoms with Gasteiger partial charge in [-0.2, -0.15) is 5.10 Å². The molecule has 4 rings (SSSR count). The van der Waals surface area contributed by atoms with Crippen molar-refractivity contribution in [2.24, 2.45) is 0 Å². The lowest BCUT2D eigenvalue weighted by Crippen LogP contribution is -2.32. The first kappa shape index (κ1) is 18.9. The molecule has 0 fully saturated rings. The number of carbonyl (C=O) groups is 2. The summed E-state index contributed by atoms with van der Waals surface area (Å²) in [5.74, 6) is -1.48. The third-order valence-electron chi connectivity index (χ3n) is 4.70. The van der Waals surface area contributed by atoms with Crippen molar-refractivity contribution in [2.45, 2.75) is 18.4 Å². The molecule has 2 aromatic carbocycles. The smallest absolute Gasteiger partial charge is 0.358 e. The normalized spacial score (nSPS) is 13.4. The standard InChI is InChI=1S/C20H17N3O5S/c1-13-8-10-15(11-9-13)29(26,27)22-12-16-17(20(25)28-2)21-23(18(16)19(22)24)14-6-4-3-5-7-14/h3-11H,12H2,1-2H3. The van der Waals surface area contributed by atoms with Crippen LogP contribution in [0.3, 0.4) is 0 Å². The summed E-state index contributed by atoms with van der Waals surface area (Å²) in [6, 6.07) is 14.9. The van der Waals surface area contributed by atoms with E-state index >= 15 is 0 Å². The number of aromatic nitrogens is 2. The lowest BCUT2D eigenvalue weighted by molar-refractivity contribution is 0.0590. The fraction of sp³-hybridized carbons (Fsp3) is 0.150. The van der Waals surface area contributed by atoms with Gasteiger partial charge in [0.2, 0.25) is 0 Å². The van der Waals surface area contributed by atoms with Crippen LogP contribution in [0.15, 0.2) is 59.5 Å². The zero-order chi connectivity index (χ0) is 20.8. The Kier molecular flexibility index (Phi) is 4.46. The summed E-state index contributed by atoms with van der Waals surface area (Å²) in [5.41, 5.74) is 1.60. The molecule has 0 saturated heterocycles. The van der Waals surface area contributed by atoms with Crippen LogP contribution in [0.4, 0.5) is 0 Å². The van der Waals surface area contributed by atoms with Crippen molar-refractivity contribution >= 4 is 21.9 Å². The van der Waals surface area contributed by atoms with Gasteiger partial charge >= 0.3 is 5.97 Å². The van der Waals surface area contributed by atoms with Crippen LogP contribution in [0.5, 0.6) is 0 Å². The van der Waals surface area contributed by atoms with E-state index in [1.165, 1.54) is 23.9 Å². The van der Waals surface area contributed by atoms with Crippen LogP contribution in [0.25, 0.3) is 5.69 Å². The van der Waals surface area contributed by atoms with E-state index in [-0.39, 0.29) is 28.4 Å². The molecular weight excluding hydrogens is 394 g/mol. The van der Waals surface area contributed by atoms with Gasteiger partial charge in [-0.15, -0.1) is 0 Å². The number of ether oxygens (including phenoxy) is 1. The number of hydrogen-bond donors (Lipinski definition) is 0. The average molecular weight is 411 g/mol. The Balaban J connectivity index is 1.85. The van der Waals surface area contributed by atoms with Gasteiger partial charge in [-0.25, -0.2) is 22.2 Å². The van der Waals surface area contributed by atoms with E-state index in [1.807, 2.05) is 6.92 Å². The molecule has 0 unspecified atom stereocenters. The van der Waals surface area contributed by atoms with Gasteiger partial charge in [-0.1, -0.05) is 35.9 Å². The monoisotopic (exact) mass is 411 g/mol. The van der Waals surface area contributed by atoms with Crippen LogP contribution in [0.1, 0.15) is 32.1 Å². The van der Waals surface area contributed by atoms with Gasteiger partial charge in [0.1, 0.15) is 5.69 Å². The van der Waals surface area contributed by atoms with E-state index in [0.29, 0.717) is 5.69 Å². The number of methoxy groups -OCH3 is 1. The summed E-state index contributed by atoms with van der Waals surface area (Å²) < 4.78 is 33.0. The van der Waals surface area contributed by atoms with Crippen molar-refractivity contribution in [3.05, 3.63) is 77.1 Å². The Labute approximate surface area is 167 Å². The van der Waals surface area contributed by atoms with E-state index in [4.69, 9.17) is 4.74 Å². The minimum atomic E-state index is -4.10. The molecule has 8 nitrogen and oxygen atoms in total. The Morgan fingerprint density at radius 1 is 1.07 bits per heavy atom. The van der Waals surface area contributed by atoms with Crippen LogP contribution >= 0.6 is 0 Å². The van der Waals surface area contributed by atoms with E-state index in [2.05, 4.69) is 5.10 Å². The molecular formula is C20H17N3O5S. The summed E-state index contributed by atoms with van der Waals surface area (Å²) in [5, 5.41) is 4.22. The number of esters is 1. The van der Waals surface area contributed by atoms with Gasteiger partial charge in [0.05, 0.1) is 24.2 Å². The number of hydrogen-bond acceptors (Lipinski definition) is 6. The van der Waals surface area contributed by atoms with Crippen LogP contribution < -0.4 is 0 Å². The number of aryl methyl sites for hydroxylation is 1. The topological polar surface area (TPSA) is 98.6 Å². The molecule has 1 aliphatic heterocycles. The number of sulfonamides is 1. The van der Waals surface area contributed by atoms with Crippen molar-refractivity contribution in [2.75, 3.05) is 7.11 Å². The maximum atomic E-state index is 13.1. The number of nitrogens with zero attached hydrogens (tertiary/aromatic N) is 3. The first-order valence-corrected chi connectivity index (χ1v) is 10.2. The molecule has 0 aliphatic carbocycles. The predicted molar refractivity (Wildman–Crippen MR) is 103 cm³/mol. The highest BCUT2D eigenvalue weighted by molar-refractivity contribution is 7.89. The third kappa shape index (κ3) is 2.99. The second kappa shape index (κ2) is 6.85. The number of amides is 1. The Morgan fingerprint density at radius 2 is 1.72 bits per heavy atom. The second-order valence-corrected chi connectivity index (χ2v) is 8.41. The highest BCUT2D eigenvalue weighted by Crippen LogP contribution is 2.32. The van der Waals surface area contributed by atoms with Crippen molar-refractivity contribution in [1.29, 1.82) is 0 Å². The molecule has 0 radical (unpaired) electrons. The zero-order valence-corrected chi connectivity index (χ0v) is 16.5. The van der Waals surface area contributed by atoms with E-state index in [1.54, 1.807) is 42.5 Å². The molecule has 1 aromatic heterocycles. The van der Waals surface area contributed by atoms with Crippen LogP contribution in [0, 0.1) is 6.92 Å². The molecule has 148 valence electrons. The maximum absolute atomic E-state index is 13.1. The summed E-state index contributed by atoms with van der Waals surface area (Å²) in [7, 11) is -2.90. The largest absolute Gasteiger partial charge is 0.464 e. The van der Waals surface area contributed by atoms with Gasteiger partial charge in [0.25, 0.3) is 15.9 Å². The highest BCUT2D eigenvalue weighted by atomic mass is 32.2. The van der Waals surface area contributed by atoms with Gasteiger partial charge in [-0.3, -0.25) is 4.79 Å². The first-order chi connectivity index (χ1) is 13.8. The molecule has 0 N–H and O–H groups in total. The lowest BCUT2D eigenvalue weighted by Gasteiger charge is -2.17. The molecule has 0 bridgehead atoms. The average Bonchev–Trinajstić information content (AvgIpc) is 3.27. The van der Waals surface area contributed by atoms with Gasteiger partial charge in [-0.05, 0) is 31.2 Å². The summed E-state index contributed by atoms with van der Waals surface area (Å²) in [4.78, 5) is 25.3. The SMILES string of the molecule is COC(=O)c1nn(-c2ccccc2)c2c1CN(S(=O)(=O)c1ccc(C)cc1)C2=O. The second-order valence-electron chi connectivity index (χ2n) is 6.54. The fourth-order valence-corrected chi connectivity index (χ4v) is 4.54. The zero-order valence-electron chi connectivity index (χ0n) is 15.7. The third-order valence-corrected chi connectivity index (χ3v) is 6.45. The number of benzene rings is 2. The Morgan fingerprint density at radius 3 is 2.34 bits per heavy atom. The molecule has 9 heteroatoms. The summed E-state index contributed by atoms with van der Waals surface area (Å²) in [6.45, 7) is 1.55. The van der Waals surface area contributed by atoms with Crippen molar-refractivity contribution in [3.63, 3.8) is 0 Å². The van der Waals surface area contributed by atoms with Crippen LogP contribution in [-0.2, 0) is 21.3 Å². The minimum absolute atomic E-state index is 0.000409. The molecule has 0 atom stereocenters. The van der Waals surface area contributed by atoms with Gasteiger partial charge < -0.3 is 4.74 Å². The predicted octanol–water partition coefficient (Wildman–Crippen LogP) is 2.31. The molecule has 29 heavy (non-hydrogen) atoms. The summed E-state index contributed by atoms with van der Waals surface area (Å²) in [6.07, 6.45) is 0. The number of para-hydroxylation sites is 1. The van der Waals surface area contributed by atoms with Gasteiger partial charge in [0, 0.05) is 5.56 Å². The molecule has 1 aliphatic rings. The summed E-state index contributed by atoms with van der Waals surface area (Å²) >= 11 is 0. The Bertz CT molecular complexity index is 1220. The highest BCUT2D eigenvalue weighted by Gasteiger charge is 2.43. The molecule has 1 amide bonds. The molecule has 3 aromatic rings. The quantitative estimate of drug-likeness (QED) is 0.611. The van der Waals surface area contributed by atoms with Crippen molar-refractivity contribution in [3.8, 4) is 5.69 Å². The number of rotatable bonds is 4. The number of fused-ring (bicyclic) bond motifs is 1. The molecule has 2 heterocycles. The molecule has 0 saturated carbocycles. The van der Waals surface area contributed by atoms with Crippen molar-refractivity contribution < 1.29 is 22.7 Å². The van der Waals surface area contributed by atoms with E-state index in [9.17, 15) is 18.0 Å². The number of carbonyl (C=O) groups excluding carboxylic acids is 2. The van der Waals surface area contributed by atoms with Gasteiger partial charge in [0.15, 0.2) is 5.69 Å². The van der Waals surface area contributed by atoms with Crippen LogP contribution in [-0.4, -0.2) is 41.5 Å². The fourth-order valence-electron chi connectivity index (χ4n) is 3.20. The van der Waals surface area contributed by atoms with E-state index in [0.717, 1.165) is 9.87 Å². The maximum Gasteiger partial charge on any atom is 0.358 e. The van der Waals surface area contributed by atoms with Crippen molar-refractivity contribution in [1.82, 2.24) is 14.1 Å². The van der Waals surface area contributed by atoms with Crippen LogP contribution in [0.2, 0.25) is 0 Å². The molecule has 0 spiro atoms. The van der Waals surface area contributed by atoms with E-state index < -0.39 is 21.9 Å². The minimum Gasteiger partial charge on any atom is -0.464 e. The first-order valence-electron chi connectivity index (χ1n) is 8.74.